The lowest BCUT2D eigenvalue weighted by atomic mass is 10.1. The number of benzene rings is 2. The van der Waals surface area contributed by atoms with E-state index in [2.05, 4.69) is 22.1 Å². The summed E-state index contributed by atoms with van der Waals surface area (Å²) in [5.74, 6) is 1.43. The summed E-state index contributed by atoms with van der Waals surface area (Å²) in [6.07, 6.45) is 3.31. The third kappa shape index (κ3) is 2.57. The first kappa shape index (κ1) is 16.3. The van der Waals surface area contributed by atoms with Gasteiger partial charge in [0.2, 0.25) is 0 Å². The van der Waals surface area contributed by atoms with Gasteiger partial charge >= 0.3 is 0 Å². The molecular formula is C22H16N4O2. The third-order valence-corrected chi connectivity index (χ3v) is 4.79. The number of nitrogens with zero attached hydrogens (tertiary/aromatic N) is 4. The topological polar surface area (TPSA) is 73.0 Å². The Balaban J connectivity index is 1.78. The van der Waals surface area contributed by atoms with E-state index in [0.717, 1.165) is 33.8 Å². The van der Waals surface area contributed by atoms with E-state index in [1.807, 2.05) is 54.1 Å². The van der Waals surface area contributed by atoms with Gasteiger partial charge in [0, 0.05) is 17.4 Å². The van der Waals surface area contributed by atoms with E-state index in [4.69, 9.17) is 9.47 Å². The lowest BCUT2D eigenvalue weighted by Gasteiger charge is -2.19. The molecule has 0 N–H and O–H groups in total. The molecule has 6 heteroatoms. The van der Waals surface area contributed by atoms with Gasteiger partial charge in [-0.2, -0.15) is 5.26 Å². The Morgan fingerprint density at radius 2 is 1.89 bits per heavy atom. The second-order valence-electron chi connectivity index (χ2n) is 6.64. The number of rotatable bonds is 2. The van der Waals surface area contributed by atoms with E-state index in [9.17, 15) is 5.26 Å². The molecule has 0 atom stereocenters. The van der Waals surface area contributed by atoms with Crippen molar-refractivity contribution in [1.82, 2.24) is 14.5 Å². The van der Waals surface area contributed by atoms with Crippen molar-refractivity contribution in [2.45, 2.75) is 6.92 Å². The minimum atomic E-state index is 0.512. The highest BCUT2D eigenvalue weighted by molar-refractivity contribution is 5.95. The van der Waals surface area contributed by atoms with Crippen LogP contribution in [0.1, 0.15) is 11.1 Å². The maximum absolute atomic E-state index is 9.61. The second-order valence-corrected chi connectivity index (χ2v) is 6.64. The van der Waals surface area contributed by atoms with Crippen molar-refractivity contribution in [2.24, 2.45) is 0 Å². The van der Waals surface area contributed by atoms with E-state index in [-0.39, 0.29) is 0 Å². The van der Waals surface area contributed by atoms with Crippen molar-refractivity contribution in [3.63, 3.8) is 0 Å². The molecule has 1 aliphatic rings. The molecule has 1 aliphatic heterocycles. The Hall–Kier alpha value is -3.85. The molecule has 28 heavy (non-hydrogen) atoms. The zero-order valence-electron chi connectivity index (χ0n) is 15.2. The third-order valence-electron chi connectivity index (χ3n) is 4.79. The molecule has 0 aliphatic carbocycles. The summed E-state index contributed by atoms with van der Waals surface area (Å²) in [6.45, 7) is 3.11. The summed E-state index contributed by atoms with van der Waals surface area (Å²) < 4.78 is 13.3. The minimum absolute atomic E-state index is 0.512. The summed E-state index contributed by atoms with van der Waals surface area (Å²) in [4.78, 5) is 8.93. The Morgan fingerprint density at radius 1 is 1.04 bits per heavy atom. The van der Waals surface area contributed by atoms with Gasteiger partial charge in [0.15, 0.2) is 11.5 Å². The molecule has 4 aromatic rings. The van der Waals surface area contributed by atoms with Gasteiger partial charge in [-0.1, -0.05) is 12.1 Å². The molecular weight excluding hydrogens is 352 g/mol. The summed E-state index contributed by atoms with van der Waals surface area (Å²) in [6, 6.07) is 16.1. The number of ether oxygens (including phenoxy) is 2. The second kappa shape index (κ2) is 6.39. The van der Waals surface area contributed by atoms with Crippen LogP contribution in [-0.4, -0.2) is 27.7 Å². The number of fused-ring (bicyclic) bond motifs is 2. The van der Waals surface area contributed by atoms with E-state index in [0.29, 0.717) is 30.0 Å². The van der Waals surface area contributed by atoms with Crippen LogP contribution in [0.15, 0.2) is 55.0 Å². The fourth-order valence-electron chi connectivity index (χ4n) is 3.52. The van der Waals surface area contributed by atoms with Gasteiger partial charge in [-0.25, -0.2) is 9.97 Å². The first-order valence-corrected chi connectivity index (χ1v) is 8.98. The van der Waals surface area contributed by atoms with Crippen LogP contribution < -0.4 is 9.47 Å². The fraction of sp³-hybridized carbons (Fsp3) is 0.136. The number of hydrogen-bond donors (Lipinski definition) is 0. The largest absolute Gasteiger partial charge is 0.486 e. The van der Waals surface area contributed by atoms with E-state index in [1.54, 1.807) is 0 Å². The standard InChI is InChI=1S/C22H16N4O2/c1-14-3-2-4-17(9-14)26-12-16(11-23)21-22(26)20(24-13-25-21)15-5-6-18-19(10-15)28-8-7-27-18/h2-6,9-10,12-13H,7-8H2,1H3. The number of nitriles is 1. The molecule has 0 fully saturated rings. The Labute approximate surface area is 161 Å². The SMILES string of the molecule is Cc1cccc(-n2cc(C#N)c3ncnc(-c4ccc5c(c4)OCCO5)c32)c1. The molecule has 2 aromatic heterocycles. The molecule has 0 bridgehead atoms. The van der Waals surface area contributed by atoms with Gasteiger partial charge in [0.1, 0.15) is 31.1 Å². The van der Waals surface area contributed by atoms with Gasteiger partial charge in [0.25, 0.3) is 0 Å². The van der Waals surface area contributed by atoms with Crippen LogP contribution in [-0.2, 0) is 0 Å². The highest BCUT2D eigenvalue weighted by atomic mass is 16.6. The van der Waals surface area contributed by atoms with Gasteiger partial charge in [-0.15, -0.1) is 0 Å². The predicted molar refractivity (Wildman–Crippen MR) is 105 cm³/mol. The van der Waals surface area contributed by atoms with Crippen LogP contribution in [0.3, 0.4) is 0 Å². The van der Waals surface area contributed by atoms with Gasteiger partial charge < -0.3 is 14.0 Å². The normalized spacial score (nSPS) is 12.7. The lowest BCUT2D eigenvalue weighted by molar-refractivity contribution is 0.171. The number of hydrogen-bond acceptors (Lipinski definition) is 5. The zero-order valence-corrected chi connectivity index (χ0v) is 15.2. The highest BCUT2D eigenvalue weighted by Gasteiger charge is 2.19. The number of aryl methyl sites for hydroxylation is 1. The molecule has 0 saturated carbocycles. The van der Waals surface area contributed by atoms with Crippen LogP contribution in [0.5, 0.6) is 11.5 Å². The maximum Gasteiger partial charge on any atom is 0.162 e. The Morgan fingerprint density at radius 3 is 2.71 bits per heavy atom. The van der Waals surface area contributed by atoms with Crippen molar-refractivity contribution in [2.75, 3.05) is 13.2 Å². The average Bonchev–Trinajstić information content (AvgIpc) is 3.12. The molecule has 0 spiro atoms. The lowest BCUT2D eigenvalue weighted by Crippen LogP contribution is -2.15. The summed E-state index contributed by atoms with van der Waals surface area (Å²) in [5.41, 5.74) is 5.65. The van der Waals surface area contributed by atoms with Gasteiger partial charge in [-0.3, -0.25) is 0 Å². The minimum Gasteiger partial charge on any atom is -0.486 e. The van der Waals surface area contributed by atoms with Crippen molar-refractivity contribution in [3.05, 3.63) is 66.1 Å². The molecule has 0 unspecified atom stereocenters. The van der Waals surface area contributed by atoms with E-state index < -0.39 is 0 Å². The average molecular weight is 368 g/mol. The maximum atomic E-state index is 9.61. The monoisotopic (exact) mass is 368 g/mol. The first-order valence-electron chi connectivity index (χ1n) is 8.98. The molecule has 0 saturated heterocycles. The van der Waals surface area contributed by atoms with E-state index in [1.165, 1.54) is 6.33 Å². The van der Waals surface area contributed by atoms with Crippen molar-refractivity contribution >= 4 is 11.0 Å². The first-order chi connectivity index (χ1) is 13.7. The molecule has 136 valence electrons. The van der Waals surface area contributed by atoms with Crippen LogP contribution in [0.2, 0.25) is 0 Å². The van der Waals surface area contributed by atoms with Crippen LogP contribution in [0, 0.1) is 18.3 Å². The molecule has 0 amide bonds. The highest BCUT2D eigenvalue weighted by Crippen LogP contribution is 2.37. The van der Waals surface area contributed by atoms with Gasteiger partial charge in [-0.05, 0) is 42.8 Å². The van der Waals surface area contributed by atoms with Crippen LogP contribution in [0.25, 0.3) is 28.0 Å². The fourth-order valence-corrected chi connectivity index (χ4v) is 3.52. The molecule has 0 radical (unpaired) electrons. The zero-order chi connectivity index (χ0) is 19.1. The van der Waals surface area contributed by atoms with Crippen LogP contribution in [0.4, 0.5) is 0 Å². The summed E-state index contributed by atoms with van der Waals surface area (Å²) >= 11 is 0. The Bertz CT molecular complexity index is 1250. The summed E-state index contributed by atoms with van der Waals surface area (Å²) in [5, 5.41) is 9.61. The van der Waals surface area contributed by atoms with Crippen molar-refractivity contribution < 1.29 is 9.47 Å². The predicted octanol–water partition coefficient (Wildman–Crippen LogP) is 4.04. The van der Waals surface area contributed by atoms with Crippen molar-refractivity contribution in [3.8, 4) is 34.5 Å². The molecule has 2 aromatic carbocycles. The van der Waals surface area contributed by atoms with Crippen LogP contribution >= 0.6 is 0 Å². The summed E-state index contributed by atoms with van der Waals surface area (Å²) in [7, 11) is 0. The molecule has 6 nitrogen and oxygen atoms in total. The van der Waals surface area contributed by atoms with E-state index >= 15 is 0 Å². The molecule has 5 rings (SSSR count). The Kier molecular flexibility index (Phi) is 3.73. The quantitative estimate of drug-likeness (QED) is 0.534. The van der Waals surface area contributed by atoms with Crippen molar-refractivity contribution in [1.29, 1.82) is 5.26 Å². The number of aromatic nitrogens is 3. The van der Waals surface area contributed by atoms with Gasteiger partial charge in [0.05, 0.1) is 16.8 Å². The smallest absolute Gasteiger partial charge is 0.162 e. The molecule has 3 heterocycles.